The molecule has 1 atom stereocenters. The van der Waals surface area contributed by atoms with Gasteiger partial charge < -0.3 is 10.1 Å². The number of methoxy groups -OCH3 is 1. The Hall–Kier alpha value is -1.68. The van der Waals surface area contributed by atoms with Gasteiger partial charge in [-0.3, -0.25) is 0 Å². The van der Waals surface area contributed by atoms with Gasteiger partial charge in [0, 0.05) is 17.7 Å². The van der Waals surface area contributed by atoms with Crippen LogP contribution in [0.15, 0.2) is 24.3 Å². The Labute approximate surface area is 106 Å². The van der Waals surface area contributed by atoms with Crippen LogP contribution in [-0.2, 0) is 9.53 Å². The molecule has 0 aliphatic carbocycles. The minimum Gasteiger partial charge on any atom is -0.466 e. The molecule has 3 nitrogen and oxygen atoms in total. The van der Waals surface area contributed by atoms with Gasteiger partial charge in [-0.25, -0.2) is 9.18 Å². The van der Waals surface area contributed by atoms with E-state index in [1.165, 1.54) is 19.3 Å². The van der Waals surface area contributed by atoms with Gasteiger partial charge in [-0.05, 0) is 37.1 Å². The van der Waals surface area contributed by atoms with Crippen molar-refractivity contribution >= 4 is 12.0 Å². The third-order valence-corrected chi connectivity index (χ3v) is 3.07. The van der Waals surface area contributed by atoms with Crippen molar-refractivity contribution in [3.63, 3.8) is 0 Å². The summed E-state index contributed by atoms with van der Waals surface area (Å²) in [5, 5.41) is 3.26. The summed E-state index contributed by atoms with van der Waals surface area (Å²) in [6, 6.07) is 5.13. The number of carbonyl (C=O) groups is 1. The van der Waals surface area contributed by atoms with Crippen molar-refractivity contribution in [1.82, 2.24) is 5.32 Å². The molecule has 0 aromatic heterocycles. The number of esters is 1. The Morgan fingerprint density at radius 2 is 2.39 bits per heavy atom. The lowest BCUT2D eigenvalue weighted by atomic mass is 10.0. The molecule has 1 aromatic carbocycles. The molecule has 0 bridgehead atoms. The first-order chi connectivity index (χ1) is 8.70. The number of hydrogen-bond donors (Lipinski definition) is 1. The molecule has 96 valence electrons. The monoisotopic (exact) mass is 249 g/mol. The number of hydrogen-bond acceptors (Lipinski definition) is 3. The maximum absolute atomic E-state index is 13.9. The van der Waals surface area contributed by atoms with Crippen molar-refractivity contribution in [3.05, 3.63) is 41.2 Å². The molecule has 1 aromatic rings. The second kappa shape index (κ2) is 5.78. The van der Waals surface area contributed by atoms with E-state index in [1.807, 2.05) is 0 Å². The molecule has 1 aliphatic rings. The lowest BCUT2D eigenvalue weighted by Gasteiger charge is -2.11. The fourth-order valence-corrected chi connectivity index (χ4v) is 2.11. The summed E-state index contributed by atoms with van der Waals surface area (Å²) in [4.78, 5) is 10.9. The summed E-state index contributed by atoms with van der Waals surface area (Å²) in [6.45, 7) is 0.939. The van der Waals surface area contributed by atoms with Crippen LogP contribution >= 0.6 is 0 Å². The zero-order valence-electron chi connectivity index (χ0n) is 10.3. The van der Waals surface area contributed by atoms with E-state index < -0.39 is 5.97 Å². The number of ether oxygens (including phenoxy) is 1. The van der Waals surface area contributed by atoms with Gasteiger partial charge in [-0.1, -0.05) is 12.1 Å². The minimum atomic E-state index is -0.447. The summed E-state index contributed by atoms with van der Waals surface area (Å²) in [5.41, 5.74) is 1.35. The molecule has 0 amide bonds. The standard InChI is InChI=1S/C14H16FNO2/c1-18-14(17)7-5-10-4-6-11(12(15)9-10)13-3-2-8-16-13/h4-7,9,13,16H,2-3,8H2,1H3/t13-/m0/s1. The average Bonchev–Trinajstić information content (AvgIpc) is 2.89. The van der Waals surface area contributed by atoms with E-state index >= 15 is 0 Å². The van der Waals surface area contributed by atoms with Gasteiger partial charge in [0.25, 0.3) is 0 Å². The van der Waals surface area contributed by atoms with Crippen molar-refractivity contribution in [3.8, 4) is 0 Å². The second-order valence-corrected chi connectivity index (χ2v) is 4.29. The third-order valence-electron chi connectivity index (χ3n) is 3.07. The van der Waals surface area contributed by atoms with Crippen LogP contribution < -0.4 is 5.32 Å². The maximum Gasteiger partial charge on any atom is 0.330 e. The van der Waals surface area contributed by atoms with Crippen LogP contribution in [0.3, 0.4) is 0 Å². The second-order valence-electron chi connectivity index (χ2n) is 4.29. The Morgan fingerprint density at radius 3 is 3.00 bits per heavy atom. The zero-order valence-corrected chi connectivity index (χ0v) is 10.3. The normalized spacial score (nSPS) is 19.3. The molecule has 18 heavy (non-hydrogen) atoms. The molecule has 0 spiro atoms. The first-order valence-corrected chi connectivity index (χ1v) is 5.99. The van der Waals surface area contributed by atoms with E-state index in [2.05, 4.69) is 10.1 Å². The first-order valence-electron chi connectivity index (χ1n) is 5.99. The quantitative estimate of drug-likeness (QED) is 0.660. The SMILES string of the molecule is COC(=O)C=Cc1ccc([C@@H]2CCCN2)c(F)c1. The molecule has 0 unspecified atom stereocenters. The summed E-state index contributed by atoms with van der Waals surface area (Å²) >= 11 is 0. The summed E-state index contributed by atoms with van der Waals surface area (Å²) in [7, 11) is 1.31. The number of carbonyl (C=O) groups excluding carboxylic acids is 1. The summed E-state index contributed by atoms with van der Waals surface area (Å²) < 4.78 is 18.4. The molecule has 1 N–H and O–H groups in total. The predicted octanol–water partition coefficient (Wildman–Crippen LogP) is 2.44. The van der Waals surface area contributed by atoms with E-state index in [-0.39, 0.29) is 11.9 Å². The number of halogens is 1. The van der Waals surface area contributed by atoms with Crippen molar-refractivity contribution in [2.45, 2.75) is 18.9 Å². The van der Waals surface area contributed by atoms with E-state index in [9.17, 15) is 9.18 Å². The molecular formula is C14H16FNO2. The van der Waals surface area contributed by atoms with Crippen LogP contribution in [-0.4, -0.2) is 19.6 Å². The van der Waals surface area contributed by atoms with Crippen LogP contribution in [0.2, 0.25) is 0 Å². The highest BCUT2D eigenvalue weighted by Crippen LogP contribution is 2.26. The molecule has 0 saturated carbocycles. The number of nitrogens with one attached hydrogen (secondary N) is 1. The van der Waals surface area contributed by atoms with Crippen LogP contribution in [0, 0.1) is 5.82 Å². The van der Waals surface area contributed by atoms with Gasteiger partial charge in [0.05, 0.1) is 7.11 Å². The molecule has 1 saturated heterocycles. The molecule has 1 aliphatic heterocycles. The largest absolute Gasteiger partial charge is 0.466 e. The van der Waals surface area contributed by atoms with Crippen molar-refractivity contribution in [2.24, 2.45) is 0 Å². The highest BCUT2D eigenvalue weighted by Gasteiger charge is 2.19. The molecule has 0 radical (unpaired) electrons. The van der Waals surface area contributed by atoms with Gasteiger partial charge in [0.15, 0.2) is 0 Å². The molecule has 2 rings (SSSR count). The van der Waals surface area contributed by atoms with E-state index in [0.717, 1.165) is 19.4 Å². The topological polar surface area (TPSA) is 38.3 Å². The molecule has 1 fully saturated rings. The van der Waals surface area contributed by atoms with E-state index in [1.54, 1.807) is 18.2 Å². The average molecular weight is 249 g/mol. The Kier molecular flexibility index (Phi) is 4.10. The van der Waals surface area contributed by atoms with Crippen molar-refractivity contribution in [2.75, 3.05) is 13.7 Å². The van der Waals surface area contributed by atoms with Crippen molar-refractivity contribution in [1.29, 1.82) is 0 Å². The lowest BCUT2D eigenvalue weighted by Crippen LogP contribution is -2.14. The zero-order chi connectivity index (χ0) is 13.0. The van der Waals surface area contributed by atoms with E-state index in [0.29, 0.717) is 11.1 Å². The van der Waals surface area contributed by atoms with Crippen LogP contribution in [0.1, 0.15) is 30.0 Å². The molecule has 1 heterocycles. The first kappa shape index (κ1) is 12.8. The summed E-state index contributed by atoms with van der Waals surface area (Å²) in [5.74, 6) is -0.682. The minimum absolute atomic E-state index is 0.114. The van der Waals surface area contributed by atoms with Gasteiger partial charge in [-0.15, -0.1) is 0 Å². The van der Waals surface area contributed by atoms with Crippen molar-refractivity contribution < 1.29 is 13.9 Å². The van der Waals surface area contributed by atoms with Crippen LogP contribution in [0.5, 0.6) is 0 Å². The Bertz CT molecular complexity index is 465. The van der Waals surface area contributed by atoms with Gasteiger partial charge in [-0.2, -0.15) is 0 Å². The maximum atomic E-state index is 13.9. The highest BCUT2D eigenvalue weighted by atomic mass is 19.1. The lowest BCUT2D eigenvalue weighted by molar-refractivity contribution is -0.134. The predicted molar refractivity (Wildman–Crippen MR) is 67.4 cm³/mol. The highest BCUT2D eigenvalue weighted by molar-refractivity contribution is 5.86. The number of rotatable bonds is 3. The third kappa shape index (κ3) is 2.96. The van der Waals surface area contributed by atoms with Crippen LogP contribution in [0.25, 0.3) is 6.08 Å². The van der Waals surface area contributed by atoms with E-state index in [4.69, 9.17) is 0 Å². The van der Waals surface area contributed by atoms with Crippen LogP contribution in [0.4, 0.5) is 4.39 Å². The Balaban J connectivity index is 2.14. The Morgan fingerprint density at radius 1 is 1.56 bits per heavy atom. The fraction of sp³-hybridized carbons (Fsp3) is 0.357. The summed E-state index contributed by atoms with van der Waals surface area (Å²) in [6.07, 6.45) is 4.87. The molecular weight excluding hydrogens is 233 g/mol. The van der Waals surface area contributed by atoms with Gasteiger partial charge >= 0.3 is 5.97 Å². The molecule has 4 heteroatoms. The number of benzene rings is 1. The fourth-order valence-electron chi connectivity index (χ4n) is 2.11. The van der Waals surface area contributed by atoms with Gasteiger partial charge in [0.1, 0.15) is 5.82 Å². The van der Waals surface area contributed by atoms with Gasteiger partial charge in [0.2, 0.25) is 0 Å². The smallest absolute Gasteiger partial charge is 0.330 e.